The van der Waals surface area contributed by atoms with Crippen molar-refractivity contribution in [2.75, 3.05) is 12.3 Å². The summed E-state index contributed by atoms with van der Waals surface area (Å²) in [4.78, 5) is 29.2. The quantitative estimate of drug-likeness (QED) is 0.760. The van der Waals surface area contributed by atoms with Crippen LogP contribution < -0.4 is 5.32 Å². The molecule has 5 nitrogen and oxygen atoms in total. The number of pyridine rings is 1. The van der Waals surface area contributed by atoms with Gasteiger partial charge >= 0.3 is 0 Å². The van der Waals surface area contributed by atoms with Crippen LogP contribution in [0.4, 0.5) is 0 Å². The van der Waals surface area contributed by atoms with E-state index in [4.69, 9.17) is 0 Å². The van der Waals surface area contributed by atoms with Crippen molar-refractivity contribution in [3.8, 4) is 0 Å². The topological polar surface area (TPSA) is 62.3 Å². The number of nitrogens with one attached hydrogen (secondary N) is 1. The molecular formula is C13H19N3O2S. The van der Waals surface area contributed by atoms with Crippen molar-refractivity contribution in [2.45, 2.75) is 26.4 Å². The van der Waals surface area contributed by atoms with E-state index in [2.05, 4.69) is 22.9 Å². The number of amides is 2. The summed E-state index contributed by atoms with van der Waals surface area (Å²) in [5.74, 6) is -0.100. The molecule has 0 saturated heterocycles. The smallest absolute Gasteiger partial charge is 0.246 e. The Kier molecular flexibility index (Phi) is 6.35. The number of aromatic nitrogens is 1. The van der Waals surface area contributed by atoms with E-state index >= 15 is 0 Å². The Morgan fingerprint density at radius 3 is 2.68 bits per heavy atom. The largest absolute Gasteiger partial charge is 0.344 e. The molecule has 0 aliphatic rings. The Balaban J connectivity index is 2.72. The molecule has 1 N–H and O–H groups in total. The maximum atomic E-state index is 12.3. The number of thiol groups is 1. The van der Waals surface area contributed by atoms with Gasteiger partial charge in [-0.3, -0.25) is 14.6 Å². The molecule has 1 unspecified atom stereocenters. The predicted octanol–water partition coefficient (Wildman–Crippen LogP) is 0.865. The van der Waals surface area contributed by atoms with Gasteiger partial charge in [0.15, 0.2) is 0 Å². The molecule has 1 aromatic heterocycles. The Morgan fingerprint density at radius 2 is 2.21 bits per heavy atom. The van der Waals surface area contributed by atoms with Gasteiger partial charge in [0.25, 0.3) is 0 Å². The zero-order valence-corrected chi connectivity index (χ0v) is 12.1. The highest BCUT2D eigenvalue weighted by molar-refractivity contribution is 7.80. The zero-order chi connectivity index (χ0) is 14.3. The van der Waals surface area contributed by atoms with E-state index in [1.807, 2.05) is 25.1 Å². The fourth-order valence-electron chi connectivity index (χ4n) is 1.68. The van der Waals surface area contributed by atoms with Gasteiger partial charge in [-0.15, -0.1) is 0 Å². The third kappa shape index (κ3) is 4.90. The third-order valence-corrected chi connectivity index (χ3v) is 3.00. The molecule has 0 aromatic carbocycles. The van der Waals surface area contributed by atoms with E-state index in [0.29, 0.717) is 13.1 Å². The molecule has 0 bridgehead atoms. The summed E-state index contributed by atoms with van der Waals surface area (Å²) in [7, 11) is 0. The number of rotatable bonds is 6. The van der Waals surface area contributed by atoms with Crippen LogP contribution in [0.5, 0.6) is 0 Å². The van der Waals surface area contributed by atoms with Crippen LogP contribution in [0.25, 0.3) is 0 Å². The summed E-state index contributed by atoms with van der Waals surface area (Å²) in [5.41, 5.74) is 0.818. The second-order valence-corrected chi connectivity index (χ2v) is 4.47. The first kappa shape index (κ1) is 15.5. The van der Waals surface area contributed by atoms with Crippen molar-refractivity contribution in [1.29, 1.82) is 0 Å². The second kappa shape index (κ2) is 7.78. The molecule has 0 saturated carbocycles. The van der Waals surface area contributed by atoms with Crippen LogP contribution in [0.15, 0.2) is 24.4 Å². The lowest BCUT2D eigenvalue weighted by atomic mass is 10.2. The SMILES string of the molecule is CCN(Cc1ccccn1)C(=O)C(CS)NC(C)=O. The van der Waals surface area contributed by atoms with Crippen LogP contribution in [0, 0.1) is 0 Å². The third-order valence-electron chi connectivity index (χ3n) is 2.63. The molecule has 104 valence electrons. The summed E-state index contributed by atoms with van der Waals surface area (Å²) in [6.07, 6.45) is 1.69. The van der Waals surface area contributed by atoms with Crippen LogP contribution in [-0.4, -0.2) is 40.0 Å². The van der Waals surface area contributed by atoms with Crippen molar-refractivity contribution in [3.63, 3.8) is 0 Å². The summed E-state index contributed by atoms with van der Waals surface area (Å²) in [6, 6.07) is 4.98. The van der Waals surface area contributed by atoms with Crippen molar-refractivity contribution in [3.05, 3.63) is 30.1 Å². The van der Waals surface area contributed by atoms with E-state index in [0.717, 1.165) is 5.69 Å². The van der Waals surface area contributed by atoms with Crippen LogP contribution >= 0.6 is 12.6 Å². The van der Waals surface area contributed by atoms with Crippen molar-refractivity contribution in [1.82, 2.24) is 15.2 Å². The highest BCUT2D eigenvalue weighted by atomic mass is 32.1. The molecule has 1 rings (SSSR count). The fraction of sp³-hybridized carbons (Fsp3) is 0.462. The number of hydrogen-bond acceptors (Lipinski definition) is 4. The van der Waals surface area contributed by atoms with E-state index in [1.165, 1.54) is 6.92 Å². The highest BCUT2D eigenvalue weighted by Crippen LogP contribution is 2.04. The fourth-order valence-corrected chi connectivity index (χ4v) is 1.93. The molecule has 1 atom stereocenters. The van der Waals surface area contributed by atoms with Gasteiger partial charge in [0.2, 0.25) is 11.8 Å². The zero-order valence-electron chi connectivity index (χ0n) is 11.2. The van der Waals surface area contributed by atoms with Gasteiger partial charge in [-0.05, 0) is 19.1 Å². The van der Waals surface area contributed by atoms with Gasteiger partial charge in [0.05, 0.1) is 12.2 Å². The number of likely N-dealkylation sites (N-methyl/N-ethyl adjacent to an activating group) is 1. The van der Waals surface area contributed by atoms with Crippen molar-refractivity contribution >= 4 is 24.4 Å². The molecule has 0 fully saturated rings. The molecule has 0 radical (unpaired) electrons. The van der Waals surface area contributed by atoms with Gasteiger partial charge in [-0.25, -0.2) is 0 Å². The van der Waals surface area contributed by atoms with Gasteiger partial charge in [-0.1, -0.05) is 6.07 Å². The first-order valence-corrected chi connectivity index (χ1v) is 6.78. The predicted molar refractivity (Wildman–Crippen MR) is 76.8 cm³/mol. The summed E-state index contributed by atoms with van der Waals surface area (Å²) < 4.78 is 0. The molecule has 1 aromatic rings. The number of carbonyl (C=O) groups excluding carboxylic acids is 2. The minimum Gasteiger partial charge on any atom is -0.344 e. The lowest BCUT2D eigenvalue weighted by Crippen LogP contribution is -2.48. The average Bonchev–Trinajstić information content (AvgIpc) is 2.42. The Morgan fingerprint density at radius 1 is 1.47 bits per heavy atom. The lowest BCUT2D eigenvalue weighted by molar-refractivity contribution is -0.135. The molecule has 1 heterocycles. The molecule has 0 spiro atoms. The van der Waals surface area contributed by atoms with E-state index in [9.17, 15) is 9.59 Å². The normalized spacial score (nSPS) is 11.7. The summed E-state index contributed by atoms with van der Waals surface area (Å²) in [6.45, 7) is 4.27. The van der Waals surface area contributed by atoms with E-state index < -0.39 is 6.04 Å². The Labute approximate surface area is 118 Å². The second-order valence-electron chi connectivity index (χ2n) is 4.11. The van der Waals surface area contributed by atoms with Gasteiger partial charge in [0.1, 0.15) is 6.04 Å². The monoisotopic (exact) mass is 281 g/mol. The minimum absolute atomic E-state index is 0.140. The minimum atomic E-state index is -0.593. The first-order chi connectivity index (χ1) is 9.08. The van der Waals surface area contributed by atoms with E-state index in [-0.39, 0.29) is 17.6 Å². The summed E-state index contributed by atoms with van der Waals surface area (Å²) in [5, 5.41) is 2.60. The Hall–Kier alpha value is -1.56. The van der Waals surface area contributed by atoms with Crippen molar-refractivity contribution < 1.29 is 9.59 Å². The Bertz CT molecular complexity index is 425. The molecule has 6 heteroatoms. The van der Waals surface area contributed by atoms with E-state index in [1.54, 1.807) is 11.1 Å². The van der Waals surface area contributed by atoms with Crippen molar-refractivity contribution in [2.24, 2.45) is 0 Å². The molecule has 2 amide bonds. The summed E-state index contributed by atoms with van der Waals surface area (Å²) >= 11 is 4.11. The van der Waals surface area contributed by atoms with Gasteiger partial charge < -0.3 is 10.2 Å². The molecular weight excluding hydrogens is 262 g/mol. The van der Waals surface area contributed by atoms with Gasteiger partial charge in [0, 0.05) is 25.4 Å². The number of hydrogen-bond donors (Lipinski definition) is 2. The maximum Gasteiger partial charge on any atom is 0.246 e. The van der Waals surface area contributed by atoms with Gasteiger partial charge in [-0.2, -0.15) is 12.6 Å². The van der Waals surface area contributed by atoms with Crippen LogP contribution in [0.2, 0.25) is 0 Å². The van der Waals surface area contributed by atoms with Crippen LogP contribution in [0.3, 0.4) is 0 Å². The molecule has 19 heavy (non-hydrogen) atoms. The number of carbonyl (C=O) groups is 2. The number of nitrogens with zero attached hydrogens (tertiary/aromatic N) is 2. The highest BCUT2D eigenvalue weighted by Gasteiger charge is 2.23. The standard InChI is InChI=1S/C13H19N3O2S/c1-3-16(8-11-6-4-5-7-14-11)13(18)12(9-19)15-10(2)17/h4-7,12,19H,3,8-9H2,1-2H3,(H,15,17). The molecule has 0 aliphatic carbocycles. The molecule has 0 aliphatic heterocycles. The first-order valence-electron chi connectivity index (χ1n) is 6.15. The lowest BCUT2D eigenvalue weighted by Gasteiger charge is -2.25. The van der Waals surface area contributed by atoms with Crippen LogP contribution in [-0.2, 0) is 16.1 Å². The average molecular weight is 281 g/mol. The van der Waals surface area contributed by atoms with Crippen LogP contribution in [0.1, 0.15) is 19.5 Å². The maximum absolute atomic E-state index is 12.3.